The maximum absolute atomic E-state index is 13.4. The third-order valence-electron chi connectivity index (χ3n) is 6.01. The van der Waals surface area contributed by atoms with Crippen LogP contribution in [0.25, 0.3) is 0 Å². The van der Waals surface area contributed by atoms with Crippen molar-refractivity contribution in [2.24, 2.45) is 0 Å². The molecule has 1 amide bonds. The number of β-amino-alcohol motifs (C(OH)–C–C–N with tert-alkyl or cyclic N) is 1. The van der Waals surface area contributed by atoms with Gasteiger partial charge in [-0.2, -0.15) is 0 Å². The molecule has 2 aromatic rings. The molecule has 0 saturated carbocycles. The lowest BCUT2D eigenvalue weighted by Gasteiger charge is -2.43. The summed E-state index contributed by atoms with van der Waals surface area (Å²) in [6.45, 7) is 2.59. The molecule has 8 nitrogen and oxygen atoms in total. The Hall–Kier alpha value is -2.78. The number of amides is 1. The highest BCUT2D eigenvalue weighted by molar-refractivity contribution is 5.92. The number of carbonyl (C=O) groups excluding carboxylic acids is 1. The van der Waals surface area contributed by atoms with Gasteiger partial charge in [-0.25, -0.2) is 9.37 Å². The molecule has 0 spiro atoms. The monoisotopic (exact) mass is 430 g/mol. The van der Waals surface area contributed by atoms with Gasteiger partial charge in [-0.05, 0) is 31.4 Å². The molecule has 2 aliphatic rings. The number of nitrogens with zero attached hydrogens (tertiary/aromatic N) is 4. The summed E-state index contributed by atoms with van der Waals surface area (Å²) < 4.78 is 24.5. The van der Waals surface area contributed by atoms with E-state index >= 15 is 0 Å². The first-order valence-corrected chi connectivity index (χ1v) is 10.5. The lowest BCUT2D eigenvalue weighted by molar-refractivity contribution is -0.0445. The molecule has 1 aromatic heterocycles. The van der Waals surface area contributed by atoms with E-state index in [1.54, 1.807) is 6.20 Å². The van der Waals surface area contributed by atoms with E-state index in [-0.39, 0.29) is 12.0 Å². The largest absolute Gasteiger partial charge is 0.493 e. The molecule has 1 N–H and O–H groups in total. The molecule has 0 bridgehead atoms. The molecule has 1 aromatic carbocycles. The van der Waals surface area contributed by atoms with Crippen molar-refractivity contribution in [1.82, 2.24) is 19.8 Å². The van der Waals surface area contributed by atoms with Crippen molar-refractivity contribution >= 4 is 5.91 Å². The quantitative estimate of drug-likeness (QED) is 0.773. The summed E-state index contributed by atoms with van der Waals surface area (Å²) >= 11 is 0. The minimum Gasteiger partial charge on any atom is -0.493 e. The van der Waals surface area contributed by atoms with E-state index in [0.717, 1.165) is 19.4 Å². The number of piperidine rings is 2. The van der Waals surface area contributed by atoms with Crippen molar-refractivity contribution in [2.75, 3.05) is 33.3 Å². The number of carbonyl (C=O) groups is 1. The first-order valence-electron chi connectivity index (χ1n) is 10.5. The minimum absolute atomic E-state index is 0.0908. The summed E-state index contributed by atoms with van der Waals surface area (Å²) in [6.07, 6.45) is 5.86. The van der Waals surface area contributed by atoms with E-state index in [4.69, 9.17) is 9.47 Å². The van der Waals surface area contributed by atoms with Crippen molar-refractivity contribution in [3.8, 4) is 11.5 Å². The summed E-state index contributed by atoms with van der Waals surface area (Å²) in [5, 5.41) is 10.7. The Labute approximate surface area is 180 Å². The van der Waals surface area contributed by atoms with Gasteiger partial charge < -0.3 is 19.5 Å². The lowest BCUT2D eigenvalue weighted by atomic mass is 9.97. The fraction of sp³-hybridized carbons (Fsp3) is 0.500. The van der Waals surface area contributed by atoms with Crippen LogP contribution in [-0.4, -0.2) is 82.3 Å². The van der Waals surface area contributed by atoms with Crippen LogP contribution in [0.2, 0.25) is 0 Å². The van der Waals surface area contributed by atoms with Gasteiger partial charge in [0.1, 0.15) is 23.7 Å². The van der Waals surface area contributed by atoms with Gasteiger partial charge in [-0.15, -0.1) is 0 Å². The molecule has 4 rings (SSSR count). The minimum atomic E-state index is -0.664. The zero-order chi connectivity index (χ0) is 21.8. The van der Waals surface area contributed by atoms with Gasteiger partial charge in [0, 0.05) is 50.7 Å². The number of hydrogen-bond acceptors (Lipinski definition) is 7. The standard InChI is InChI=1S/C22H27FN4O4/c1-30-21-12-15(23)2-3-20(21)31-19-6-11-27(14-18(19)28)16-4-9-26(10-5-16)22(29)17-13-24-7-8-25-17/h2-3,7-8,12-13,16,18-19,28H,4-6,9-11,14H2,1H3/t18-,19-/m1/s1. The second-order valence-corrected chi connectivity index (χ2v) is 7.92. The van der Waals surface area contributed by atoms with Crippen molar-refractivity contribution in [3.63, 3.8) is 0 Å². The highest BCUT2D eigenvalue weighted by Crippen LogP contribution is 2.31. The second-order valence-electron chi connectivity index (χ2n) is 7.92. The normalized spacial score (nSPS) is 22.9. The third kappa shape index (κ3) is 4.94. The molecular formula is C22H27FN4O4. The van der Waals surface area contributed by atoms with Crippen molar-refractivity contribution in [2.45, 2.75) is 37.5 Å². The number of methoxy groups -OCH3 is 1. The molecule has 2 atom stereocenters. The van der Waals surface area contributed by atoms with Gasteiger partial charge in [-0.1, -0.05) is 0 Å². The van der Waals surface area contributed by atoms with Crippen LogP contribution in [0.15, 0.2) is 36.8 Å². The molecule has 31 heavy (non-hydrogen) atoms. The summed E-state index contributed by atoms with van der Waals surface area (Å²) in [5.41, 5.74) is 0.366. The first-order chi connectivity index (χ1) is 15.0. The Balaban J connectivity index is 1.29. The van der Waals surface area contributed by atoms with Crippen LogP contribution in [0.3, 0.4) is 0 Å². The number of benzene rings is 1. The fourth-order valence-corrected chi connectivity index (χ4v) is 4.31. The average Bonchev–Trinajstić information content (AvgIpc) is 2.81. The van der Waals surface area contributed by atoms with E-state index in [1.807, 2.05) is 4.90 Å². The number of hydrogen-bond donors (Lipinski definition) is 1. The van der Waals surface area contributed by atoms with Gasteiger partial charge in [0.25, 0.3) is 5.91 Å². The van der Waals surface area contributed by atoms with Crippen LogP contribution in [0.5, 0.6) is 11.5 Å². The third-order valence-corrected chi connectivity index (χ3v) is 6.01. The number of ether oxygens (including phenoxy) is 2. The van der Waals surface area contributed by atoms with E-state index < -0.39 is 11.9 Å². The van der Waals surface area contributed by atoms with Crippen molar-refractivity contribution in [1.29, 1.82) is 0 Å². The molecule has 0 radical (unpaired) electrons. The number of aromatic nitrogens is 2. The fourth-order valence-electron chi connectivity index (χ4n) is 4.31. The van der Waals surface area contributed by atoms with E-state index in [2.05, 4.69) is 14.9 Å². The Bertz CT molecular complexity index is 892. The molecule has 166 valence electrons. The van der Waals surface area contributed by atoms with E-state index in [0.29, 0.717) is 49.3 Å². The van der Waals surface area contributed by atoms with E-state index in [9.17, 15) is 14.3 Å². The highest BCUT2D eigenvalue weighted by atomic mass is 19.1. The Morgan fingerprint density at radius 2 is 1.97 bits per heavy atom. The summed E-state index contributed by atoms with van der Waals surface area (Å²) in [5.74, 6) is 0.252. The van der Waals surface area contributed by atoms with Crippen LogP contribution >= 0.6 is 0 Å². The Morgan fingerprint density at radius 3 is 2.65 bits per heavy atom. The topological polar surface area (TPSA) is 88.0 Å². The smallest absolute Gasteiger partial charge is 0.274 e. The van der Waals surface area contributed by atoms with Crippen LogP contribution in [0.4, 0.5) is 4.39 Å². The van der Waals surface area contributed by atoms with Crippen LogP contribution in [0.1, 0.15) is 29.8 Å². The summed E-state index contributed by atoms with van der Waals surface area (Å²) in [6, 6.07) is 4.42. The number of halogens is 1. The predicted octanol–water partition coefficient (Wildman–Crippen LogP) is 1.74. The molecular weight excluding hydrogens is 403 g/mol. The first kappa shape index (κ1) is 21.5. The van der Waals surface area contributed by atoms with Crippen molar-refractivity contribution in [3.05, 3.63) is 48.3 Å². The van der Waals surface area contributed by atoms with Gasteiger partial charge in [0.15, 0.2) is 11.5 Å². The molecule has 2 aliphatic heterocycles. The second kappa shape index (κ2) is 9.57. The molecule has 2 fully saturated rings. The number of aliphatic hydroxyl groups excluding tert-OH is 1. The maximum Gasteiger partial charge on any atom is 0.274 e. The summed E-state index contributed by atoms with van der Waals surface area (Å²) in [4.78, 5) is 24.7. The highest BCUT2D eigenvalue weighted by Gasteiger charge is 2.35. The van der Waals surface area contributed by atoms with Gasteiger partial charge in [0.05, 0.1) is 13.3 Å². The molecule has 0 aliphatic carbocycles. The van der Waals surface area contributed by atoms with Gasteiger partial charge >= 0.3 is 0 Å². The average molecular weight is 430 g/mol. The number of likely N-dealkylation sites (tertiary alicyclic amines) is 2. The number of aliphatic hydroxyl groups is 1. The van der Waals surface area contributed by atoms with Gasteiger partial charge in [0.2, 0.25) is 0 Å². The predicted molar refractivity (Wildman–Crippen MR) is 111 cm³/mol. The zero-order valence-electron chi connectivity index (χ0n) is 17.5. The molecule has 2 saturated heterocycles. The van der Waals surface area contributed by atoms with Crippen LogP contribution in [-0.2, 0) is 0 Å². The molecule has 3 heterocycles. The molecule has 0 unspecified atom stereocenters. The van der Waals surface area contributed by atoms with Crippen LogP contribution in [0, 0.1) is 5.82 Å². The Kier molecular flexibility index (Phi) is 6.62. The maximum atomic E-state index is 13.4. The van der Waals surface area contributed by atoms with E-state index in [1.165, 1.54) is 37.7 Å². The van der Waals surface area contributed by atoms with Crippen LogP contribution < -0.4 is 9.47 Å². The zero-order valence-corrected chi connectivity index (χ0v) is 17.5. The van der Waals surface area contributed by atoms with Gasteiger partial charge in [-0.3, -0.25) is 14.7 Å². The SMILES string of the molecule is COc1cc(F)ccc1O[C@@H]1CCN(C2CCN(C(=O)c3cnccn3)CC2)C[C@H]1O. The van der Waals surface area contributed by atoms with Crippen molar-refractivity contribution < 1.29 is 23.8 Å². The lowest BCUT2D eigenvalue weighted by Crippen LogP contribution is -2.55. The summed E-state index contributed by atoms with van der Waals surface area (Å²) in [7, 11) is 1.46. The number of rotatable bonds is 5. The molecule has 9 heteroatoms. The Morgan fingerprint density at radius 1 is 1.16 bits per heavy atom.